The van der Waals surface area contributed by atoms with E-state index < -0.39 is 0 Å². The summed E-state index contributed by atoms with van der Waals surface area (Å²) in [7, 11) is 4.04. The summed E-state index contributed by atoms with van der Waals surface area (Å²) >= 11 is 0. The van der Waals surface area contributed by atoms with Gasteiger partial charge in [-0.25, -0.2) is 4.98 Å². The van der Waals surface area contributed by atoms with E-state index in [2.05, 4.69) is 46.1 Å². The molecule has 1 aromatic carbocycles. The van der Waals surface area contributed by atoms with Gasteiger partial charge < -0.3 is 15.0 Å². The van der Waals surface area contributed by atoms with E-state index in [1.807, 2.05) is 13.1 Å². The number of rotatable bonds is 6. The van der Waals surface area contributed by atoms with Crippen molar-refractivity contribution in [2.45, 2.75) is 25.8 Å². The largest absolute Gasteiger partial charge is 0.516 e. The molecular formula is C20H28N4O. The molecule has 5 heteroatoms. The maximum atomic E-state index is 8.63. The Balaban J connectivity index is 1.58. The van der Waals surface area contributed by atoms with Gasteiger partial charge in [-0.1, -0.05) is 12.2 Å². The van der Waals surface area contributed by atoms with Crippen molar-refractivity contribution < 1.29 is 5.11 Å². The van der Waals surface area contributed by atoms with Crippen molar-refractivity contribution in [2.75, 3.05) is 25.5 Å². The minimum Gasteiger partial charge on any atom is -0.516 e. The zero-order chi connectivity index (χ0) is 17.6. The first-order valence-electron chi connectivity index (χ1n) is 9.02. The molecule has 0 radical (unpaired) electrons. The molecule has 0 amide bonds. The first-order valence-corrected chi connectivity index (χ1v) is 9.02. The maximum Gasteiger partial charge on any atom is 0.123 e. The summed E-state index contributed by atoms with van der Waals surface area (Å²) in [5, 5.41) is 11.8. The molecule has 0 spiro atoms. The van der Waals surface area contributed by atoms with Gasteiger partial charge in [0.2, 0.25) is 0 Å². The molecule has 0 bridgehead atoms. The fourth-order valence-corrected chi connectivity index (χ4v) is 3.53. The van der Waals surface area contributed by atoms with Crippen molar-refractivity contribution >= 4 is 16.7 Å². The summed E-state index contributed by atoms with van der Waals surface area (Å²) in [5.41, 5.74) is 3.34. The van der Waals surface area contributed by atoms with Crippen LogP contribution in [0, 0.1) is 5.92 Å². The van der Waals surface area contributed by atoms with Gasteiger partial charge in [-0.2, -0.15) is 0 Å². The van der Waals surface area contributed by atoms with Gasteiger partial charge in [-0.3, -0.25) is 4.90 Å². The minimum atomic E-state index is 0.748. The van der Waals surface area contributed by atoms with E-state index in [0.717, 1.165) is 55.3 Å². The van der Waals surface area contributed by atoms with Crippen LogP contribution in [0.25, 0.3) is 11.0 Å². The minimum absolute atomic E-state index is 0.748. The lowest BCUT2D eigenvalue weighted by atomic mass is 9.93. The average Bonchev–Trinajstić information content (AvgIpc) is 2.95. The fraction of sp³-hybridized carbons (Fsp3) is 0.450. The van der Waals surface area contributed by atoms with Gasteiger partial charge in [-0.15, -0.1) is 0 Å². The highest BCUT2D eigenvalue weighted by atomic mass is 16.2. The molecule has 5 nitrogen and oxygen atoms in total. The van der Waals surface area contributed by atoms with Crippen LogP contribution < -0.4 is 5.32 Å². The Labute approximate surface area is 149 Å². The molecule has 1 fully saturated rings. The highest BCUT2D eigenvalue weighted by Crippen LogP contribution is 2.24. The van der Waals surface area contributed by atoms with E-state index >= 15 is 0 Å². The Morgan fingerprint density at radius 1 is 1.28 bits per heavy atom. The molecule has 25 heavy (non-hydrogen) atoms. The number of anilines is 1. The molecule has 2 aromatic rings. The number of imidazole rings is 1. The average molecular weight is 340 g/mol. The van der Waals surface area contributed by atoms with Gasteiger partial charge in [0, 0.05) is 19.8 Å². The second-order valence-electron chi connectivity index (χ2n) is 6.77. The predicted molar refractivity (Wildman–Crippen MR) is 104 cm³/mol. The number of aryl methyl sites for hydroxylation is 1. The van der Waals surface area contributed by atoms with Crippen LogP contribution in [-0.2, 0) is 13.6 Å². The summed E-state index contributed by atoms with van der Waals surface area (Å²) in [4.78, 5) is 7.35. The summed E-state index contributed by atoms with van der Waals surface area (Å²) in [5.74, 6) is 1.88. The SMILES string of the molecule is CNc1ccc2c(c1)nc(CN1CCC(C/C=C\C=C\O)CC1)n2C. The van der Waals surface area contributed by atoms with Crippen molar-refractivity contribution in [1.29, 1.82) is 0 Å². The fourth-order valence-electron chi connectivity index (χ4n) is 3.53. The number of hydrogen-bond acceptors (Lipinski definition) is 4. The van der Waals surface area contributed by atoms with Gasteiger partial charge >= 0.3 is 0 Å². The Bertz CT molecular complexity index is 754. The molecule has 1 saturated heterocycles. The number of aliphatic hydroxyl groups is 1. The second kappa shape index (κ2) is 8.21. The first-order chi connectivity index (χ1) is 12.2. The number of piperidine rings is 1. The van der Waals surface area contributed by atoms with Crippen LogP contribution in [0.5, 0.6) is 0 Å². The van der Waals surface area contributed by atoms with E-state index in [1.54, 1.807) is 6.08 Å². The molecule has 2 N–H and O–H groups in total. The second-order valence-corrected chi connectivity index (χ2v) is 6.77. The number of fused-ring (bicyclic) bond motifs is 1. The molecule has 1 aromatic heterocycles. The Morgan fingerprint density at radius 3 is 2.80 bits per heavy atom. The molecule has 1 aliphatic heterocycles. The van der Waals surface area contributed by atoms with E-state index in [4.69, 9.17) is 10.1 Å². The quantitative estimate of drug-likeness (QED) is 0.619. The zero-order valence-corrected chi connectivity index (χ0v) is 15.2. The van der Waals surface area contributed by atoms with Gasteiger partial charge in [0.25, 0.3) is 0 Å². The highest BCUT2D eigenvalue weighted by Gasteiger charge is 2.20. The lowest BCUT2D eigenvalue weighted by Crippen LogP contribution is -2.33. The van der Waals surface area contributed by atoms with Crippen LogP contribution in [0.1, 0.15) is 25.1 Å². The van der Waals surface area contributed by atoms with Crippen LogP contribution in [-0.4, -0.2) is 39.7 Å². The number of nitrogens with zero attached hydrogens (tertiary/aromatic N) is 3. The number of benzene rings is 1. The molecule has 0 saturated carbocycles. The lowest BCUT2D eigenvalue weighted by Gasteiger charge is -2.31. The molecule has 0 aliphatic carbocycles. The number of aromatic nitrogens is 2. The normalized spacial score (nSPS) is 17.2. The van der Waals surface area contributed by atoms with Crippen molar-refractivity contribution in [1.82, 2.24) is 14.5 Å². The monoisotopic (exact) mass is 340 g/mol. The smallest absolute Gasteiger partial charge is 0.123 e. The van der Waals surface area contributed by atoms with Crippen molar-refractivity contribution in [3.05, 3.63) is 48.5 Å². The van der Waals surface area contributed by atoms with Crippen molar-refractivity contribution in [3.63, 3.8) is 0 Å². The molecular weight excluding hydrogens is 312 g/mol. The van der Waals surface area contributed by atoms with Gasteiger partial charge in [0.15, 0.2) is 0 Å². The van der Waals surface area contributed by atoms with E-state index in [0.29, 0.717) is 0 Å². The summed E-state index contributed by atoms with van der Waals surface area (Å²) < 4.78 is 2.21. The standard InChI is InChI=1S/C20H28N4O/c1-21-17-7-8-19-18(14-17)22-20(23(19)2)15-24-11-9-16(10-12-24)6-4-3-5-13-25/h3-5,7-8,13-14,16,21,25H,6,9-12,15H2,1-2H3/b4-3-,13-5+. The van der Waals surface area contributed by atoms with Crippen molar-refractivity contribution in [3.8, 4) is 0 Å². The molecule has 2 heterocycles. The molecule has 0 atom stereocenters. The topological polar surface area (TPSA) is 53.3 Å². The number of hydrogen-bond donors (Lipinski definition) is 2. The molecule has 3 rings (SSSR count). The molecule has 0 unspecified atom stereocenters. The Morgan fingerprint density at radius 2 is 2.08 bits per heavy atom. The third kappa shape index (κ3) is 4.23. The zero-order valence-electron chi connectivity index (χ0n) is 15.2. The number of nitrogens with one attached hydrogen (secondary N) is 1. The van der Waals surface area contributed by atoms with E-state index in [9.17, 15) is 0 Å². The van der Waals surface area contributed by atoms with Gasteiger partial charge in [-0.05, 0) is 62.5 Å². The first kappa shape index (κ1) is 17.5. The summed E-state index contributed by atoms with van der Waals surface area (Å²) in [6, 6.07) is 6.34. The third-order valence-electron chi connectivity index (χ3n) is 5.14. The Kier molecular flexibility index (Phi) is 5.76. The lowest BCUT2D eigenvalue weighted by molar-refractivity contribution is 0.173. The third-order valence-corrected chi connectivity index (χ3v) is 5.14. The van der Waals surface area contributed by atoms with Crippen LogP contribution in [0.3, 0.4) is 0 Å². The van der Waals surface area contributed by atoms with Crippen molar-refractivity contribution in [2.24, 2.45) is 13.0 Å². The van der Waals surface area contributed by atoms with Crippen LogP contribution >= 0.6 is 0 Å². The maximum absolute atomic E-state index is 8.63. The van der Waals surface area contributed by atoms with Crippen LogP contribution in [0.15, 0.2) is 42.7 Å². The molecule has 134 valence electrons. The summed E-state index contributed by atoms with van der Waals surface area (Å²) in [6.07, 6.45) is 10.4. The predicted octanol–water partition coefficient (Wildman–Crippen LogP) is 3.85. The Hall–Kier alpha value is -2.27. The number of aliphatic hydroxyl groups excluding tert-OH is 1. The van der Waals surface area contributed by atoms with Crippen LogP contribution in [0.2, 0.25) is 0 Å². The van der Waals surface area contributed by atoms with Gasteiger partial charge in [0.1, 0.15) is 5.82 Å². The van der Waals surface area contributed by atoms with E-state index in [-0.39, 0.29) is 0 Å². The number of allylic oxidation sites excluding steroid dienone is 3. The van der Waals surface area contributed by atoms with Crippen LogP contribution in [0.4, 0.5) is 5.69 Å². The van der Waals surface area contributed by atoms with E-state index in [1.165, 1.54) is 18.4 Å². The van der Waals surface area contributed by atoms with Gasteiger partial charge in [0.05, 0.1) is 23.8 Å². The summed E-state index contributed by atoms with van der Waals surface area (Å²) in [6.45, 7) is 3.16. The molecule has 1 aliphatic rings. The highest BCUT2D eigenvalue weighted by molar-refractivity contribution is 5.80. The number of likely N-dealkylation sites (tertiary alicyclic amines) is 1.